The minimum Gasteiger partial charge on any atom is -0.544 e. The van der Waals surface area contributed by atoms with Crippen LogP contribution in [0.5, 0.6) is 5.75 Å². The van der Waals surface area contributed by atoms with Gasteiger partial charge < -0.3 is 14.6 Å². The molecule has 0 saturated carbocycles. The monoisotopic (exact) mass is 352 g/mol. The number of carbonyl (C=O) groups is 1. The Morgan fingerprint density at radius 2 is 1.72 bits per heavy atom. The van der Waals surface area contributed by atoms with Crippen LogP contribution in [-0.2, 0) is 13.0 Å². The number of aromatic nitrogens is 1. The molecule has 1 heterocycles. The summed E-state index contributed by atoms with van der Waals surface area (Å²) in [4.78, 5) is 15.5. The quantitative estimate of drug-likeness (QED) is 0.680. The van der Waals surface area contributed by atoms with E-state index in [2.05, 4.69) is 24.0 Å². The molecule has 3 aromatic rings. The van der Waals surface area contributed by atoms with E-state index >= 15 is 0 Å². The minimum atomic E-state index is -1.18. The highest BCUT2D eigenvalue weighted by Gasteiger charge is 2.10. The second kappa shape index (κ2) is 7.49. The van der Waals surface area contributed by atoms with E-state index < -0.39 is 5.97 Å². The van der Waals surface area contributed by atoms with Gasteiger partial charge in [-0.3, -0.25) is 0 Å². The largest absolute Gasteiger partial charge is 0.544 e. The molecule has 0 unspecified atom stereocenters. The third kappa shape index (κ3) is 4.06. The lowest BCUT2D eigenvalue weighted by molar-refractivity contribution is -0.254. The Balaban J connectivity index is 1.67. The molecular weight excluding hydrogens is 334 g/mol. The molecule has 1 aromatic heterocycles. The van der Waals surface area contributed by atoms with Gasteiger partial charge in [0.15, 0.2) is 0 Å². The number of hydrogen-bond donors (Lipinski definition) is 0. The average Bonchev–Trinajstić information content (AvgIpc) is 3.03. The Bertz CT molecular complexity index is 867. The Hall–Kier alpha value is -2.66. The van der Waals surface area contributed by atoms with Crippen molar-refractivity contribution in [1.82, 2.24) is 4.98 Å². The predicted octanol–water partition coefficient (Wildman–Crippen LogP) is 3.62. The van der Waals surface area contributed by atoms with Gasteiger partial charge in [-0.2, -0.15) is 0 Å². The van der Waals surface area contributed by atoms with Crippen LogP contribution in [-0.4, -0.2) is 11.0 Å². The van der Waals surface area contributed by atoms with Gasteiger partial charge in [0, 0.05) is 5.56 Å². The maximum Gasteiger partial charge on any atom is 0.124 e. The molecule has 2 aromatic carbocycles. The van der Waals surface area contributed by atoms with Crippen LogP contribution in [0.4, 0.5) is 0 Å². The molecule has 5 heteroatoms. The number of hydrogen-bond acceptors (Lipinski definition) is 5. The summed E-state index contributed by atoms with van der Waals surface area (Å²) in [5, 5.41) is 11.7. The van der Waals surface area contributed by atoms with Crippen LogP contribution < -0.4 is 9.84 Å². The van der Waals surface area contributed by atoms with Crippen molar-refractivity contribution in [3.05, 3.63) is 70.2 Å². The average molecular weight is 352 g/mol. The molecule has 25 heavy (non-hydrogen) atoms. The molecule has 0 spiro atoms. The number of aryl methyl sites for hydroxylation is 2. The topological polar surface area (TPSA) is 62.2 Å². The minimum absolute atomic E-state index is 0.179. The first-order valence-corrected chi connectivity index (χ1v) is 8.88. The molecule has 0 bridgehead atoms. The predicted molar refractivity (Wildman–Crippen MR) is 96.8 cm³/mol. The van der Waals surface area contributed by atoms with Crippen LogP contribution in [0.3, 0.4) is 0 Å². The summed E-state index contributed by atoms with van der Waals surface area (Å²) in [5.41, 5.74) is 3.70. The van der Waals surface area contributed by atoms with Gasteiger partial charge in [0.2, 0.25) is 0 Å². The fourth-order valence-electron chi connectivity index (χ4n) is 2.44. The Labute approximate surface area is 150 Å². The maximum atomic E-state index is 11.0. The van der Waals surface area contributed by atoms with E-state index in [0.717, 1.165) is 34.6 Å². The van der Waals surface area contributed by atoms with Gasteiger partial charge in [0.05, 0.1) is 16.5 Å². The highest BCUT2D eigenvalue weighted by molar-refractivity contribution is 7.17. The Morgan fingerprint density at radius 1 is 1.08 bits per heavy atom. The standard InChI is InChI=1S/C20H19NO3S/c1-3-14-6-10-17(11-7-14)24-12-15-4-8-16(9-5-15)19-21-13(2)18(25-19)20(22)23/h4-11H,3,12H2,1-2H3,(H,22,23)/p-1. The Morgan fingerprint density at radius 3 is 2.28 bits per heavy atom. The van der Waals surface area contributed by atoms with Crippen LogP contribution >= 0.6 is 11.3 Å². The fourth-order valence-corrected chi connectivity index (χ4v) is 3.35. The first kappa shape index (κ1) is 17.2. The second-order valence-corrected chi connectivity index (χ2v) is 6.70. The van der Waals surface area contributed by atoms with Crippen molar-refractivity contribution in [3.8, 4) is 16.3 Å². The van der Waals surface area contributed by atoms with Crippen LogP contribution in [0.2, 0.25) is 0 Å². The van der Waals surface area contributed by atoms with Crippen molar-refractivity contribution in [2.75, 3.05) is 0 Å². The highest BCUT2D eigenvalue weighted by Crippen LogP contribution is 2.28. The SMILES string of the molecule is CCc1ccc(OCc2ccc(-c3nc(C)c(C(=O)[O-])s3)cc2)cc1. The van der Waals surface area contributed by atoms with Crippen molar-refractivity contribution >= 4 is 17.3 Å². The number of carboxylic acids is 1. The highest BCUT2D eigenvalue weighted by atomic mass is 32.1. The van der Waals surface area contributed by atoms with Crippen molar-refractivity contribution in [1.29, 1.82) is 0 Å². The van der Waals surface area contributed by atoms with Crippen molar-refractivity contribution in [2.45, 2.75) is 26.9 Å². The zero-order chi connectivity index (χ0) is 17.8. The molecule has 128 valence electrons. The number of benzene rings is 2. The second-order valence-electron chi connectivity index (χ2n) is 5.70. The molecule has 3 rings (SSSR count). The van der Waals surface area contributed by atoms with Gasteiger partial charge in [-0.15, -0.1) is 11.3 Å². The van der Waals surface area contributed by atoms with E-state index in [1.165, 1.54) is 5.56 Å². The van der Waals surface area contributed by atoms with Gasteiger partial charge in [-0.25, -0.2) is 4.98 Å². The first-order valence-electron chi connectivity index (χ1n) is 8.06. The van der Waals surface area contributed by atoms with Gasteiger partial charge in [-0.1, -0.05) is 43.3 Å². The molecule has 0 fully saturated rings. The van der Waals surface area contributed by atoms with Crippen molar-refractivity contribution in [3.63, 3.8) is 0 Å². The van der Waals surface area contributed by atoms with E-state index in [4.69, 9.17) is 4.74 Å². The van der Waals surface area contributed by atoms with E-state index in [1.54, 1.807) is 6.92 Å². The lowest BCUT2D eigenvalue weighted by atomic mass is 10.1. The summed E-state index contributed by atoms with van der Waals surface area (Å²) in [5.74, 6) is -0.337. The molecule has 4 nitrogen and oxygen atoms in total. The molecule has 0 aliphatic carbocycles. The molecule has 0 N–H and O–H groups in total. The molecule has 0 atom stereocenters. The van der Waals surface area contributed by atoms with Crippen LogP contribution in [0, 0.1) is 6.92 Å². The summed E-state index contributed by atoms with van der Waals surface area (Å²) < 4.78 is 5.79. The van der Waals surface area contributed by atoms with E-state index in [-0.39, 0.29) is 4.88 Å². The summed E-state index contributed by atoms with van der Waals surface area (Å²) in [6.07, 6.45) is 1.01. The van der Waals surface area contributed by atoms with E-state index in [1.807, 2.05) is 36.4 Å². The van der Waals surface area contributed by atoms with Gasteiger partial charge in [-0.05, 0) is 36.6 Å². The number of ether oxygens (including phenoxy) is 1. The fraction of sp³-hybridized carbons (Fsp3) is 0.200. The number of carboxylic acid groups (broad SMARTS) is 1. The molecule has 0 radical (unpaired) electrons. The van der Waals surface area contributed by atoms with E-state index in [0.29, 0.717) is 17.3 Å². The van der Waals surface area contributed by atoms with Crippen LogP contribution in [0.15, 0.2) is 48.5 Å². The molecule has 0 amide bonds. The lowest BCUT2D eigenvalue weighted by Gasteiger charge is -2.07. The van der Waals surface area contributed by atoms with Gasteiger partial charge in [0.25, 0.3) is 0 Å². The number of carbonyl (C=O) groups excluding carboxylic acids is 1. The third-order valence-corrected chi connectivity index (χ3v) is 5.11. The number of nitrogens with zero attached hydrogens (tertiary/aromatic N) is 1. The van der Waals surface area contributed by atoms with Crippen LogP contribution in [0.25, 0.3) is 10.6 Å². The van der Waals surface area contributed by atoms with Crippen molar-refractivity contribution in [2.24, 2.45) is 0 Å². The van der Waals surface area contributed by atoms with Crippen LogP contribution in [0.1, 0.15) is 33.4 Å². The summed E-state index contributed by atoms with van der Waals surface area (Å²) in [6.45, 7) is 4.28. The van der Waals surface area contributed by atoms with Crippen molar-refractivity contribution < 1.29 is 14.6 Å². The van der Waals surface area contributed by atoms with Gasteiger partial charge >= 0.3 is 0 Å². The van der Waals surface area contributed by atoms with Gasteiger partial charge in [0.1, 0.15) is 17.4 Å². The molecule has 0 aliphatic rings. The smallest absolute Gasteiger partial charge is 0.124 e. The number of aromatic carboxylic acids is 1. The molecule has 0 saturated heterocycles. The first-order chi connectivity index (χ1) is 12.1. The lowest BCUT2D eigenvalue weighted by Crippen LogP contribution is -2.21. The molecular formula is C20H18NO3S-. The van der Waals surface area contributed by atoms with E-state index in [9.17, 15) is 9.90 Å². The molecule has 0 aliphatic heterocycles. The summed E-state index contributed by atoms with van der Waals surface area (Å²) in [6, 6.07) is 15.9. The Kier molecular flexibility index (Phi) is 5.14. The number of thiazole rings is 1. The normalized spacial score (nSPS) is 10.6. The zero-order valence-corrected chi connectivity index (χ0v) is 14.9. The summed E-state index contributed by atoms with van der Waals surface area (Å²) in [7, 11) is 0. The number of rotatable bonds is 6. The maximum absolute atomic E-state index is 11.0. The third-order valence-electron chi connectivity index (χ3n) is 3.92. The summed E-state index contributed by atoms with van der Waals surface area (Å²) >= 11 is 1.14. The zero-order valence-electron chi connectivity index (χ0n) is 14.1.